The van der Waals surface area contributed by atoms with Crippen molar-refractivity contribution in [3.63, 3.8) is 0 Å². The molecule has 0 amide bonds. The van der Waals surface area contributed by atoms with Crippen LogP contribution in [-0.2, 0) is 9.53 Å². The second kappa shape index (κ2) is 6.15. The molecule has 0 N–H and O–H groups in total. The minimum Gasteiger partial charge on any atom is -0.469 e. The van der Waals surface area contributed by atoms with Gasteiger partial charge in [0, 0.05) is 0 Å². The van der Waals surface area contributed by atoms with Gasteiger partial charge in [0.05, 0.1) is 17.7 Å². The van der Waals surface area contributed by atoms with E-state index in [1.807, 2.05) is 0 Å². The van der Waals surface area contributed by atoms with E-state index < -0.39 is 7.92 Å². The second-order valence-electron chi connectivity index (χ2n) is 10.1. The Morgan fingerprint density at radius 1 is 1.00 bits per heavy atom. The van der Waals surface area contributed by atoms with Gasteiger partial charge in [0.2, 0.25) is 0 Å². The van der Waals surface area contributed by atoms with Crippen molar-refractivity contribution >= 4 is 40.4 Å². The highest BCUT2D eigenvalue weighted by Gasteiger charge is 2.57. The molecule has 0 saturated carbocycles. The predicted molar refractivity (Wildman–Crippen MR) is 112 cm³/mol. The number of hydrogen-bond acceptors (Lipinski definition) is 2. The van der Waals surface area contributed by atoms with E-state index in [4.69, 9.17) is 4.74 Å². The Morgan fingerprint density at radius 2 is 1.42 bits per heavy atom. The van der Waals surface area contributed by atoms with Gasteiger partial charge >= 0.3 is 5.97 Å². The lowest BCUT2D eigenvalue weighted by Crippen LogP contribution is -2.49. The van der Waals surface area contributed by atoms with Crippen molar-refractivity contribution < 1.29 is 9.53 Å². The highest BCUT2D eigenvalue weighted by atomic mass is 31.2. The average Bonchev–Trinajstić information content (AvgIpc) is 2.43. The maximum Gasteiger partial charge on any atom is 0.313 e. The van der Waals surface area contributed by atoms with Crippen molar-refractivity contribution in [2.45, 2.75) is 79.3 Å². The molecular weight excluding hydrogens is 353 g/mol. The summed E-state index contributed by atoms with van der Waals surface area (Å²) in [4.78, 5) is 12.9. The Bertz CT molecular complexity index is 566. The SMILES string of the molecule is COC(=O)C1CC2(C(C)(C)C)P=C(C(C)(C)C)P1C(C(C)(C)C)=P2. The van der Waals surface area contributed by atoms with E-state index in [0.29, 0.717) is 0 Å². The minimum absolute atomic E-state index is 0.00281. The quantitative estimate of drug-likeness (QED) is 0.384. The summed E-state index contributed by atoms with van der Waals surface area (Å²) in [5.74, 6) is 0.00281. The fourth-order valence-corrected chi connectivity index (χ4v) is 14.1. The monoisotopic (exact) mass is 386 g/mol. The van der Waals surface area contributed by atoms with Gasteiger partial charge in [-0.2, -0.15) is 0 Å². The molecule has 2 nitrogen and oxygen atoms in total. The molecule has 0 radical (unpaired) electrons. The van der Waals surface area contributed by atoms with E-state index in [2.05, 4.69) is 62.3 Å². The number of carbonyl (C=O) groups excluding carboxylic acids is 1. The molecule has 0 aromatic heterocycles. The normalized spacial score (nSPS) is 32.1. The van der Waals surface area contributed by atoms with Crippen LogP contribution in [0.1, 0.15) is 68.7 Å². The van der Waals surface area contributed by atoms with Gasteiger partial charge in [-0.1, -0.05) is 78.7 Å². The van der Waals surface area contributed by atoms with E-state index in [9.17, 15) is 4.79 Å². The Morgan fingerprint density at radius 3 is 1.71 bits per heavy atom. The standard InChI is InChI=1S/C19H33O2P3/c1-16(2,3)14-22-19(18(7,8)9)11-12(13(20)21-10)24(14)15(23-19)17(4,5)6/h12H,11H2,1-10H3. The molecule has 0 aliphatic carbocycles. The van der Waals surface area contributed by atoms with Crippen LogP contribution in [0.3, 0.4) is 0 Å². The number of fused-ring (bicyclic) bond motifs is 1. The number of methoxy groups -OCH3 is 1. The van der Waals surface area contributed by atoms with E-state index in [1.165, 1.54) is 16.4 Å². The van der Waals surface area contributed by atoms with Crippen molar-refractivity contribution in [3.05, 3.63) is 0 Å². The van der Waals surface area contributed by atoms with Crippen molar-refractivity contribution in [1.82, 2.24) is 0 Å². The van der Waals surface area contributed by atoms with Gasteiger partial charge in [0.15, 0.2) is 0 Å². The van der Waals surface area contributed by atoms with E-state index in [0.717, 1.165) is 6.42 Å². The maximum atomic E-state index is 12.7. The van der Waals surface area contributed by atoms with Crippen molar-refractivity contribution in [1.29, 1.82) is 0 Å². The van der Waals surface area contributed by atoms with Crippen LogP contribution in [0.25, 0.3) is 0 Å². The maximum absolute atomic E-state index is 12.7. The smallest absolute Gasteiger partial charge is 0.313 e. The first-order valence-electron chi connectivity index (χ1n) is 8.72. The number of hydrogen-bond donors (Lipinski definition) is 0. The van der Waals surface area contributed by atoms with Gasteiger partial charge in [-0.05, 0) is 40.7 Å². The van der Waals surface area contributed by atoms with Crippen molar-refractivity contribution in [3.8, 4) is 0 Å². The summed E-state index contributed by atoms with van der Waals surface area (Å²) in [5, 5.41) is 3.19. The summed E-state index contributed by atoms with van der Waals surface area (Å²) in [7, 11) is 3.94. The first kappa shape index (κ1) is 20.6. The minimum atomic E-state index is -0.560. The van der Waals surface area contributed by atoms with Crippen molar-refractivity contribution in [2.75, 3.05) is 7.11 Å². The lowest BCUT2D eigenvalue weighted by molar-refractivity contribution is -0.140. The van der Waals surface area contributed by atoms with Crippen LogP contribution < -0.4 is 0 Å². The summed E-state index contributed by atoms with van der Waals surface area (Å²) in [6.45, 7) is 21.0. The van der Waals surface area contributed by atoms with Crippen LogP contribution in [0.2, 0.25) is 0 Å². The van der Waals surface area contributed by atoms with Gasteiger partial charge in [-0.15, -0.1) is 0 Å². The van der Waals surface area contributed by atoms with Crippen LogP contribution in [0.5, 0.6) is 0 Å². The first-order valence-corrected chi connectivity index (χ1v) is 11.9. The number of esters is 1. The van der Waals surface area contributed by atoms with Gasteiger partial charge in [0.1, 0.15) is 0 Å². The molecule has 2 bridgehead atoms. The van der Waals surface area contributed by atoms with E-state index in [1.54, 1.807) is 17.2 Å². The fourth-order valence-electron chi connectivity index (χ4n) is 3.36. The highest BCUT2D eigenvalue weighted by molar-refractivity contribution is 8.06. The van der Waals surface area contributed by atoms with E-state index in [-0.39, 0.29) is 32.8 Å². The van der Waals surface area contributed by atoms with Gasteiger partial charge in [-0.25, -0.2) is 0 Å². The lowest BCUT2D eigenvalue weighted by atomic mass is 9.88. The molecule has 0 fully saturated rings. The highest BCUT2D eigenvalue weighted by Crippen LogP contribution is 2.74. The largest absolute Gasteiger partial charge is 0.469 e. The predicted octanol–water partition coefficient (Wildman–Crippen LogP) is 6.41. The molecule has 5 heteroatoms. The summed E-state index contributed by atoms with van der Waals surface area (Å²) >= 11 is 0. The topological polar surface area (TPSA) is 26.3 Å². The molecule has 0 spiro atoms. The third kappa shape index (κ3) is 3.41. The van der Waals surface area contributed by atoms with Crippen LogP contribution in [0, 0.1) is 16.2 Å². The van der Waals surface area contributed by atoms with E-state index >= 15 is 0 Å². The number of rotatable bonds is 1. The molecule has 1 unspecified atom stereocenters. The molecule has 0 aromatic carbocycles. The Labute approximate surface area is 152 Å². The fraction of sp³-hybridized carbons (Fsp3) is 0.842. The molecule has 3 rings (SSSR count). The Hall–Kier alpha value is 0.240. The molecule has 136 valence electrons. The zero-order chi connectivity index (χ0) is 18.7. The second-order valence-corrected chi connectivity index (χ2v) is 16.2. The average molecular weight is 386 g/mol. The third-order valence-electron chi connectivity index (χ3n) is 4.84. The summed E-state index contributed by atoms with van der Waals surface area (Å²) in [5.41, 5.74) is 0.443. The molecule has 0 aromatic rings. The zero-order valence-corrected chi connectivity index (χ0v) is 19.6. The molecule has 1 atom stereocenters. The molecular formula is C19H33O2P3. The molecule has 0 saturated heterocycles. The summed E-state index contributed by atoms with van der Waals surface area (Å²) in [6.07, 6.45) is 0.969. The van der Waals surface area contributed by atoms with Crippen LogP contribution in [0.4, 0.5) is 0 Å². The molecule has 24 heavy (non-hydrogen) atoms. The number of ether oxygens (including phenoxy) is 1. The van der Waals surface area contributed by atoms with Gasteiger partial charge in [-0.3, -0.25) is 4.79 Å². The first-order chi connectivity index (χ1) is 10.6. The molecule has 3 aliphatic heterocycles. The van der Waals surface area contributed by atoms with Gasteiger partial charge < -0.3 is 4.74 Å². The Balaban J connectivity index is 2.78. The van der Waals surface area contributed by atoms with Crippen LogP contribution >= 0.6 is 24.3 Å². The van der Waals surface area contributed by atoms with Crippen LogP contribution in [-0.4, -0.2) is 33.7 Å². The van der Waals surface area contributed by atoms with Crippen LogP contribution in [0.15, 0.2) is 0 Å². The van der Waals surface area contributed by atoms with Crippen molar-refractivity contribution in [2.24, 2.45) is 16.2 Å². The Kier molecular flexibility index (Phi) is 5.26. The zero-order valence-electron chi connectivity index (χ0n) is 16.9. The lowest BCUT2D eigenvalue weighted by Gasteiger charge is -2.55. The summed E-state index contributed by atoms with van der Waals surface area (Å²) in [6, 6.07) is 0. The number of carbonyl (C=O) groups is 1. The van der Waals surface area contributed by atoms with Gasteiger partial charge in [0.25, 0.3) is 0 Å². The molecule has 3 heterocycles. The molecule has 3 aliphatic rings. The summed E-state index contributed by atoms with van der Waals surface area (Å²) < 4.78 is 5.27. The third-order valence-corrected chi connectivity index (χ3v) is 14.8.